The smallest absolute Gasteiger partial charge is 0.150 e. The predicted octanol–water partition coefficient (Wildman–Crippen LogP) is 5.05. The molecular weight excluding hydrogens is 462 g/mol. The SMILES string of the molecule is CN1CCN(C)C(COc2ccc3cc(-c4nn(C5CCCCO5)c5ccc(C#N)cc45)ccc3c2)C1. The topological polar surface area (TPSA) is 66.6 Å². The summed E-state index contributed by atoms with van der Waals surface area (Å²) in [6.07, 6.45) is 3.10. The Morgan fingerprint density at radius 1 is 1.03 bits per heavy atom. The van der Waals surface area contributed by atoms with Crippen LogP contribution in [0.4, 0.5) is 0 Å². The molecule has 0 N–H and O–H groups in total. The number of likely N-dealkylation sites (N-methyl/N-ethyl adjacent to an activating group) is 2. The first-order chi connectivity index (χ1) is 18.1. The van der Waals surface area contributed by atoms with Crippen LogP contribution in [-0.4, -0.2) is 72.6 Å². The maximum Gasteiger partial charge on any atom is 0.150 e. The Morgan fingerprint density at radius 3 is 2.73 bits per heavy atom. The highest BCUT2D eigenvalue weighted by atomic mass is 16.5. The van der Waals surface area contributed by atoms with Crippen molar-refractivity contribution < 1.29 is 9.47 Å². The molecule has 2 fully saturated rings. The van der Waals surface area contributed by atoms with Crippen molar-refractivity contribution in [2.45, 2.75) is 31.5 Å². The third-order valence-electron chi connectivity index (χ3n) is 7.77. The van der Waals surface area contributed by atoms with Gasteiger partial charge in [-0.1, -0.05) is 18.2 Å². The zero-order valence-electron chi connectivity index (χ0n) is 21.6. The minimum absolute atomic E-state index is 0.0684. The van der Waals surface area contributed by atoms with E-state index >= 15 is 0 Å². The standard InChI is InChI=1S/C30H33N5O2/c1-33-12-13-34(2)25(19-33)20-37-26-10-9-22-16-24(8-7-23(22)17-26)30-27-15-21(18-31)6-11-28(27)35(32-30)29-5-3-4-14-36-29/h6-11,15-17,25,29H,3-5,12-14,19-20H2,1-2H3. The number of rotatable bonds is 5. The molecule has 1 aromatic heterocycles. The summed E-state index contributed by atoms with van der Waals surface area (Å²) in [5.41, 5.74) is 3.55. The minimum atomic E-state index is -0.0684. The molecule has 0 bridgehead atoms. The molecule has 2 saturated heterocycles. The third kappa shape index (κ3) is 4.80. The third-order valence-corrected chi connectivity index (χ3v) is 7.77. The van der Waals surface area contributed by atoms with Crippen molar-refractivity contribution in [3.8, 4) is 23.1 Å². The van der Waals surface area contributed by atoms with Gasteiger partial charge in [0, 0.05) is 37.2 Å². The molecule has 4 aromatic rings. The highest BCUT2D eigenvalue weighted by Crippen LogP contribution is 2.35. The highest BCUT2D eigenvalue weighted by molar-refractivity contribution is 5.97. The zero-order valence-corrected chi connectivity index (χ0v) is 21.6. The van der Waals surface area contributed by atoms with Gasteiger partial charge in [0.1, 0.15) is 18.1 Å². The molecule has 0 saturated carbocycles. The van der Waals surface area contributed by atoms with E-state index in [9.17, 15) is 5.26 Å². The maximum absolute atomic E-state index is 9.52. The second-order valence-corrected chi connectivity index (χ2v) is 10.4. The summed E-state index contributed by atoms with van der Waals surface area (Å²) in [4.78, 5) is 4.74. The number of nitrogens with zero attached hydrogens (tertiary/aromatic N) is 5. The van der Waals surface area contributed by atoms with Gasteiger partial charge in [-0.3, -0.25) is 4.90 Å². The Bertz CT molecular complexity index is 1470. The van der Waals surface area contributed by atoms with Gasteiger partial charge < -0.3 is 14.4 Å². The molecule has 7 heteroatoms. The van der Waals surface area contributed by atoms with E-state index in [-0.39, 0.29) is 6.23 Å². The lowest BCUT2D eigenvalue weighted by atomic mass is 10.0. The summed E-state index contributed by atoms with van der Waals surface area (Å²) in [6, 6.07) is 21.2. The molecule has 2 aliphatic heterocycles. The number of hydrogen-bond donors (Lipinski definition) is 0. The van der Waals surface area contributed by atoms with Crippen LogP contribution in [0, 0.1) is 11.3 Å². The summed E-state index contributed by atoms with van der Waals surface area (Å²) in [6.45, 7) is 4.63. The summed E-state index contributed by atoms with van der Waals surface area (Å²) < 4.78 is 14.3. The van der Waals surface area contributed by atoms with Gasteiger partial charge in [-0.2, -0.15) is 10.4 Å². The lowest BCUT2D eigenvalue weighted by molar-refractivity contribution is -0.0365. The quantitative estimate of drug-likeness (QED) is 0.386. The van der Waals surface area contributed by atoms with Crippen molar-refractivity contribution in [2.75, 3.05) is 46.9 Å². The Hall–Kier alpha value is -3.44. The fourth-order valence-electron chi connectivity index (χ4n) is 5.49. The van der Waals surface area contributed by atoms with Gasteiger partial charge in [-0.05, 0) is 80.5 Å². The van der Waals surface area contributed by atoms with Crippen molar-refractivity contribution in [3.05, 3.63) is 60.2 Å². The summed E-state index contributed by atoms with van der Waals surface area (Å²) in [7, 11) is 4.34. The average molecular weight is 496 g/mol. The second kappa shape index (κ2) is 10.1. The van der Waals surface area contributed by atoms with Gasteiger partial charge in [0.05, 0.1) is 23.2 Å². The molecule has 3 aromatic carbocycles. The van der Waals surface area contributed by atoms with E-state index in [0.29, 0.717) is 18.2 Å². The average Bonchev–Trinajstić information content (AvgIpc) is 3.32. The molecule has 0 spiro atoms. The first-order valence-electron chi connectivity index (χ1n) is 13.2. The van der Waals surface area contributed by atoms with E-state index in [0.717, 1.165) is 84.2 Å². The van der Waals surface area contributed by atoms with Crippen LogP contribution in [0.1, 0.15) is 31.1 Å². The van der Waals surface area contributed by atoms with Gasteiger partial charge in [0.2, 0.25) is 0 Å². The van der Waals surface area contributed by atoms with E-state index in [1.807, 2.05) is 22.9 Å². The van der Waals surface area contributed by atoms with Crippen molar-refractivity contribution in [1.82, 2.24) is 19.6 Å². The first-order valence-corrected chi connectivity index (χ1v) is 13.2. The predicted molar refractivity (Wildman–Crippen MR) is 146 cm³/mol. The molecule has 37 heavy (non-hydrogen) atoms. The van der Waals surface area contributed by atoms with Crippen LogP contribution in [0.15, 0.2) is 54.6 Å². The van der Waals surface area contributed by atoms with Crippen LogP contribution in [0.3, 0.4) is 0 Å². The van der Waals surface area contributed by atoms with Crippen molar-refractivity contribution >= 4 is 21.7 Å². The number of ether oxygens (including phenoxy) is 2. The number of benzene rings is 3. The molecule has 2 unspecified atom stereocenters. The molecule has 190 valence electrons. The minimum Gasteiger partial charge on any atom is -0.492 e. The lowest BCUT2D eigenvalue weighted by Gasteiger charge is -2.37. The molecule has 0 aliphatic carbocycles. The first kappa shape index (κ1) is 23.9. The van der Waals surface area contributed by atoms with Gasteiger partial charge in [0.15, 0.2) is 6.23 Å². The Kier molecular flexibility index (Phi) is 6.56. The van der Waals surface area contributed by atoms with Gasteiger partial charge in [0.25, 0.3) is 0 Å². The largest absolute Gasteiger partial charge is 0.492 e. The van der Waals surface area contributed by atoms with Crippen LogP contribution in [0.25, 0.3) is 32.9 Å². The van der Waals surface area contributed by atoms with E-state index in [4.69, 9.17) is 14.6 Å². The number of aromatic nitrogens is 2. The molecular formula is C30H33N5O2. The monoisotopic (exact) mass is 495 g/mol. The molecule has 7 nitrogen and oxygen atoms in total. The fourth-order valence-corrected chi connectivity index (χ4v) is 5.49. The molecule has 0 radical (unpaired) electrons. The normalized spacial score (nSPS) is 21.3. The Balaban J connectivity index is 1.30. The van der Waals surface area contributed by atoms with Crippen molar-refractivity contribution in [2.24, 2.45) is 0 Å². The summed E-state index contributed by atoms with van der Waals surface area (Å²) in [5.74, 6) is 0.893. The van der Waals surface area contributed by atoms with Crippen LogP contribution in [-0.2, 0) is 4.74 Å². The zero-order chi connectivity index (χ0) is 25.4. The van der Waals surface area contributed by atoms with E-state index in [2.05, 4.69) is 66.4 Å². The van der Waals surface area contributed by atoms with Crippen molar-refractivity contribution in [1.29, 1.82) is 5.26 Å². The van der Waals surface area contributed by atoms with E-state index in [1.165, 1.54) is 0 Å². The van der Waals surface area contributed by atoms with E-state index < -0.39 is 0 Å². The summed E-state index contributed by atoms with van der Waals surface area (Å²) in [5, 5.41) is 17.8. The molecule has 6 rings (SSSR count). The molecule has 2 aliphatic rings. The molecule has 0 amide bonds. The summed E-state index contributed by atoms with van der Waals surface area (Å²) >= 11 is 0. The van der Waals surface area contributed by atoms with Crippen LogP contribution in [0.5, 0.6) is 5.75 Å². The van der Waals surface area contributed by atoms with Gasteiger partial charge in [-0.25, -0.2) is 4.68 Å². The Labute approximate surface area is 217 Å². The second-order valence-electron chi connectivity index (χ2n) is 10.4. The number of fused-ring (bicyclic) bond motifs is 2. The molecule has 3 heterocycles. The highest BCUT2D eigenvalue weighted by Gasteiger charge is 2.23. The van der Waals surface area contributed by atoms with Crippen LogP contribution >= 0.6 is 0 Å². The Morgan fingerprint density at radius 2 is 1.89 bits per heavy atom. The number of piperazine rings is 1. The molecule has 2 atom stereocenters. The van der Waals surface area contributed by atoms with Crippen LogP contribution < -0.4 is 4.74 Å². The van der Waals surface area contributed by atoms with Gasteiger partial charge in [-0.15, -0.1) is 0 Å². The van der Waals surface area contributed by atoms with Crippen LogP contribution in [0.2, 0.25) is 0 Å². The fraction of sp³-hybridized carbons (Fsp3) is 0.400. The van der Waals surface area contributed by atoms with Gasteiger partial charge >= 0.3 is 0 Å². The number of nitriles is 1. The number of hydrogen-bond acceptors (Lipinski definition) is 6. The maximum atomic E-state index is 9.52. The van der Waals surface area contributed by atoms with Crippen molar-refractivity contribution in [3.63, 3.8) is 0 Å². The van der Waals surface area contributed by atoms with E-state index in [1.54, 1.807) is 0 Å². The lowest BCUT2D eigenvalue weighted by Crippen LogP contribution is -2.52.